The monoisotopic (exact) mass is 454 g/mol. The van der Waals surface area contributed by atoms with E-state index in [1.807, 2.05) is 0 Å². The van der Waals surface area contributed by atoms with E-state index >= 15 is 0 Å². The normalized spacial score (nSPS) is 11.4. The predicted molar refractivity (Wildman–Crippen MR) is 117 cm³/mol. The summed E-state index contributed by atoms with van der Waals surface area (Å²) in [5, 5.41) is 5.97. The maximum absolute atomic E-state index is 12.9. The molecule has 4 rings (SSSR count). The van der Waals surface area contributed by atoms with Gasteiger partial charge < -0.3 is 15.6 Å². The van der Waals surface area contributed by atoms with Crippen molar-refractivity contribution in [3.8, 4) is 11.1 Å². The van der Waals surface area contributed by atoms with Gasteiger partial charge in [0.1, 0.15) is 11.3 Å². The molecule has 11 heteroatoms. The molecule has 0 atom stereocenters. The zero-order valence-electron chi connectivity index (χ0n) is 17.4. The predicted octanol–water partition coefficient (Wildman–Crippen LogP) is 4.00. The van der Waals surface area contributed by atoms with Crippen LogP contribution in [0.25, 0.3) is 22.2 Å². The number of pyridine rings is 2. The fraction of sp³-hybridized carbons (Fsp3) is 0.136. The van der Waals surface area contributed by atoms with E-state index in [9.17, 15) is 22.8 Å². The van der Waals surface area contributed by atoms with Gasteiger partial charge in [0.05, 0.1) is 0 Å². The minimum Gasteiger partial charge on any atom is -0.357 e. The fourth-order valence-corrected chi connectivity index (χ4v) is 3.23. The van der Waals surface area contributed by atoms with Crippen LogP contribution >= 0.6 is 0 Å². The first-order valence-corrected chi connectivity index (χ1v) is 9.69. The molecule has 0 saturated heterocycles. The third kappa shape index (κ3) is 4.52. The number of aromatic amines is 1. The Morgan fingerprint density at radius 3 is 2.58 bits per heavy atom. The molecular formula is C22H17F3N6O2. The third-order valence-electron chi connectivity index (χ3n) is 4.92. The Balaban J connectivity index is 1.68. The van der Waals surface area contributed by atoms with Gasteiger partial charge in [0, 0.05) is 41.6 Å². The minimum absolute atomic E-state index is 0.194. The molecule has 33 heavy (non-hydrogen) atoms. The summed E-state index contributed by atoms with van der Waals surface area (Å²) in [6.45, 7) is 1.80. The molecule has 4 aromatic rings. The Bertz CT molecular complexity index is 1430. The molecular weight excluding hydrogens is 437 g/mol. The number of carbonyl (C=O) groups excluding carboxylic acids is 1. The Morgan fingerprint density at radius 2 is 1.85 bits per heavy atom. The summed E-state index contributed by atoms with van der Waals surface area (Å²) < 4.78 is 38.7. The minimum atomic E-state index is -4.66. The molecule has 0 saturated carbocycles. The van der Waals surface area contributed by atoms with Crippen molar-refractivity contribution in [3.05, 3.63) is 76.0 Å². The molecule has 0 radical (unpaired) electrons. The van der Waals surface area contributed by atoms with Crippen LogP contribution in [0.15, 0.2) is 53.6 Å². The number of carbonyl (C=O) groups is 1. The van der Waals surface area contributed by atoms with E-state index in [0.29, 0.717) is 39.9 Å². The van der Waals surface area contributed by atoms with E-state index in [4.69, 9.17) is 0 Å². The second-order valence-electron chi connectivity index (χ2n) is 7.17. The summed E-state index contributed by atoms with van der Waals surface area (Å²) in [5.41, 5.74) is 0.564. The Morgan fingerprint density at radius 1 is 1.06 bits per heavy atom. The van der Waals surface area contributed by atoms with E-state index in [1.54, 1.807) is 44.4 Å². The van der Waals surface area contributed by atoms with Gasteiger partial charge in [-0.1, -0.05) is 6.07 Å². The second-order valence-corrected chi connectivity index (χ2v) is 7.17. The van der Waals surface area contributed by atoms with Crippen LogP contribution in [0.2, 0.25) is 0 Å². The fourth-order valence-electron chi connectivity index (χ4n) is 3.23. The van der Waals surface area contributed by atoms with Gasteiger partial charge >= 0.3 is 6.18 Å². The van der Waals surface area contributed by atoms with Gasteiger partial charge in [0.15, 0.2) is 0 Å². The van der Waals surface area contributed by atoms with Crippen molar-refractivity contribution < 1.29 is 18.0 Å². The molecule has 1 aromatic carbocycles. The highest BCUT2D eigenvalue weighted by molar-refractivity contribution is 6.04. The van der Waals surface area contributed by atoms with Crippen molar-refractivity contribution in [2.75, 3.05) is 17.7 Å². The number of fused-ring (bicyclic) bond motifs is 1. The largest absolute Gasteiger partial charge is 0.433 e. The number of H-pyrrole nitrogens is 1. The highest BCUT2D eigenvalue weighted by atomic mass is 19.4. The number of nitrogens with one attached hydrogen (secondary N) is 3. The molecule has 0 unspecified atom stereocenters. The van der Waals surface area contributed by atoms with Crippen LogP contribution in [0.1, 0.15) is 21.6 Å². The number of nitrogens with zero attached hydrogens (tertiary/aromatic N) is 3. The van der Waals surface area contributed by atoms with Gasteiger partial charge in [-0.05, 0) is 48.4 Å². The lowest BCUT2D eigenvalue weighted by Gasteiger charge is -2.12. The van der Waals surface area contributed by atoms with E-state index in [2.05, 4.69) is 30.6 Å². The number of aromatic nitrogens is 4. The van der Waals surface area contributed by atoms with Crippen LogP contribution in [0.5, 0.6) is 0 Å². The number of benzene rings is 1. The van der Waals surface area contributed by atoms with Crippen LogP contribution in [0.4, 0.5) is 24.8 Å². The van der Waals surface area contributed by atoms with Crippen molar-refractivity contribution in [1.29, 1.82) is 0 Å². The Kier molecular flexibility index (Phi) is 5.54. The van der Waals surface area contributed by atoms with Gasteiger partial charge in [-0.2, -0.15) is 18.2 Å². The van der Waals surface area contributed by atoms with Crippen molar-refractivity contribution in [3.63, 3.8) is 0 Å². The smallest absolute Gasteiger partial charge is 0.357 e. The molecule has 8 nitrogen and oxygen atoms in total. The van der Waals surface area contributed by atoms with E-state index in [1.165, 1.54) is 6.07 Å². The van der Waals surface area contributed by atoms with Crippen LogP contribution in [0.3, 0.4) is 0 Å². The number of alkyl halides is 3. The number of halogens is 3. The molecule has 0 spiro atoms. The highest BCUT2D eigenvalue weighted by Gasteiger charge is 2.33. The second kappa shape index (κ2) is 8.34. The molecule has 0 bridgehead atoms. The number of aryl methyl sites for hydroxylation is 1. The average Bonchev–Trinajstić information content (AvgIpc) is 2.79. The van der Waals surface area contributed by atoms with Crippen LogP contribution in [0, 0.1) is 6.92 Å². The van der Waals surface area contributed by atoms with Crippen LogP contribution in [-0.2, 0) is 6.18 Å². The van der Waals surface area contributed by atoms with Gasteiger partial charge in [-0.25, -0.2) is 4.98 Å². The highest BCUT2D eigenvalue weighted by Crippen LogP contribution is 2.29. The number of anilines is 2. The van der Waals surface area contributed by atoms with Gasteiger partial charge in [0.2, 0.25) is 5.95 Å². The van der Waals surface area contributed by atoms with Gasteiger partial charge in [0.25, 0.3) is 11.5 Å². The molecule has 168 valence electrons. The Hall–Kier alpha value is -4.28. The van der Waals surface area contributed by atoms with Crippen molar-refractivity contribution in [2.45, 2.75) is 13.1 Å². The number of rotatable bonds is 4. The number of amides is 1. The average molecular weight is 454 g/mol. The molecule has 0 fully saturated rings. The summed E-state index contributed by atoms with van der Waals surface area (Å²) in [6, 6.07) is 8.38. The topological polar surface area (TPSA) is 113 Å². The summed E-state index contributed by atoms with van der Waals surface area (Å²) in [5.74, 6) is -0.380. The van der Waals surface area contributed by atoms with Gasteiger partial charge in [-0.3, -0.25) is 14.6 Å². The molecule has 0 aliphatic heterocycles. The number of hydrogen-bond acceptors (Lipinski definition) is 6. The lowest BCUT2D eigenvalue weighted by atomic mass is 10.00. The first-order valence-electron chi connectivity index (χ1n) is 9.69. The summed E-state index contributed by atoms with van der Waals surface area (Å²) >= 11 is 0. The van der Waals surface area contributed by atoms with Crippen LogP contribution in [-0.4, -0.2) is 32.9 Å². The quantitative estimate of drug-likeness (QED) is 0.430. The van der Waals surface area contributed by atoms with Gasteiger partial charge in [-0.15, -0.1) is 0 Å². The molecule has 3 N–H and O–H groups in total. The summed E-state index contributed by atoms with van der Waals surface area (Å²) in [6.07, 6.45) is -2.17. The maximum Gasteiger partial charge on any atom is 0.433 e. The lowest BCUT2D eigenvalue weighted by Crippen LogP contribution is -2.15. The van der Waals surface area contributed by atoms with Crippen molar-refractivity contribution in [2.24, 2.45) is 0 Å². The first kappa shape index (κ1) is 21.9. The first-order chi connectivity index (χ1) is 15.7. The molecule has 3 heterocycles. The molecule has 0 aliphatic carbocycles. The lowest BCUT2D eigenvalue weighted by molar-refractivity contribution is -0.141. The summed E-state index contributed by atoms with van der Waals surface area (Å²) in [4.78, 5) is 39.6. The number of hydrogen-bond donors (Lipinski definition) is 3. The Labute approximate surface area is 184 Å². The van der Waals surface area contributed by atoms with E-state index in [-0.39, 0.29) is 5.56 Å². The molecule has 3 aromatic heterocycles. The van der Waals surface area contributed by atoms with E-state index in [0.717, 1.165) is 11.8 Å². The van der Waals surface area contributed by atoms with Crippen molar-refractivity contribution in [1.82, 2.24) is 19.9 Å². The summed E-state index contributed by atoms with van der Waals surface area (Å²) in [7, 11) is 1.66. The molecule has 1 amide bonds. The zero-order valence-corrected chi connectivity index (χ0v) is 17.4. The standard InChI is InChI=1S/C22H17F3N6O2/c1-11-3-4-14(29-19(32)12-5-6-27-17(8-12)22(23,24)25)9-15(11)16-7-13-10-28-21(26-2)31-18(13)30-20(16)33/h3-10H,1-2H3,(H,29,32)(H2,26,28,30,31,33). The third-order valence-corrected chi connectivity index (χ3v) is 4.92. The van der Waals surface area contributed by atoms with Crippen LogP contribution < -0.4 is 16.2 Å². The maximum atomic E-state index is 12.9. The SMILES string of the molecule is CNc1ncc2cc(-c3cc(NC(=O)c4ccnc(C(F)(F)F)c4)ccc3C)c(=O)[nH]c2n1. The molecule has 0 aliphatic rings. The van der Waals surface area contributed by atoms with Crippen molar-refractivity contribution >= 4 is 28.6 Å². The van der Waals surface area contributed by atoms with E-state index < -0.39 is 23.3 Å². The zero-order chi connectivity index (χ0) is 23.8.